The lowest BCUT2D eigenvalue weighted by molar-refractivity contribution is 0.605. The van der Waals surface area contributed by atoms with E-state index in [9.17, 15) is 8.78 Å². The van der Waals surface area contributed by atoms with Crippen molar-refractivity contribution >= 4 is 23.2 Å². The Labute approximate surface area is 121 Å². The Morgan fingerprint density at radius 3 is 2.16 bits per heavy atom. The number of alkyl halides is 1. The van der Waals surface area contributed by atoms with E-state index in [1.165, 1.54) is 6.07 Å². The molecule has 2 aromatic carbocycles. The van der Waals surface area contributed by atoms with Crippen LogP contribution in [0.5, 0.6) is 0 Å². The number of rotatable bonds is 2. The van der Waals surface area contributed by atoms with E-state index in [0.29, 0.717) is 22.3 Å². The zero-order chi connectivity index (χ0) is 14.2. The third-order valence-electron chi connectivity index (χ3n) is 3.01. The monoisotopic (exact) mass is 300 g/mol. The van der Waals surface area contributed by atoms with E-state index >= 15 is 0 Å². The normalized spacial score (nSPS) is 12.5. The Kier molecular flexibility index (Phi) is 4.12. The lowest BCUT2D eigenvalue weighted by Crippen LogP contribution is -2.00. The summed E-state index contributed by atoms with van der Waals surface area (Å²) >= 11 is 12.0. The minimum atomic E-state index is -0.698. The van der Waals surface area contributed by atoms with Gasteiger partial charge in [0.25, 0.3) is 0 Å². The van der Waals surface area contributed by atoms with Gasteiger partial charge in [0, 0.05) is 5.56 Å². The standard InChI is InChI=1S/C15H12Cl2F2/c1-8-6-10(7-9(2)14(8)18)13(17)11-4-3-5-12(16)15(11)19/h3-7,13H,1-2H3. The first-order chi connectivity index (χ1) is 8.91. The maximum atomic E-state index is 13.9. The molecular formula is C15H12Cl2F2. The molecule has 0 amide bonds. The Hall–Kier alpha value is -1.12. The van der Waals surface area contributed by atoms with Crippen molar-refractivity contribution in [2.24, 2.45) is 0 Å². The zero-order valence-electron chi connectivity index (χ0n) is 10.5. The first kappa shape index (κ1) is 14.3. The molecular weight excluding hydrogens is 289 g/mol. The van der Waals surface area contributed by atoms with E-state index in [0.717, 1.165) is 0 Å². The van der Waals surface area contributed by atoms with Gasteiger partial charge in [0.05, 0.1) is 10.4 Å². The van der Waals surface area contributed by atoms with Crippen molar-refractivity contribution in [1.29, 1.82) is 0 Å². The van der Waals surface area contributed by atoms with Crippen molar-refractivity contribution in [2.45, 2.75) is 19.2 Å². The largest absolute Gasteiger partial charge is 0.206 e. The van der Waals surface area contributed by atoms with Gasteiger partial charge in [-0.2, -0.15) is 0 Å². The SMILES string of the molecule is Cc1cc(C(Cl)c2cccc(Cl)c2F)cc(C)c1F. The highest BCUT2D eigenvalue weighted by atomic mass is 35.5. The highest BCUT2D eigenvalue weighted by Crippen LogP contribution is 2.34. The van der Waals surface area contributed by atoms with Gasteiger partial charge in [0.1, 0.15) is 11.6 Å². The summed E-state index contributed by atoms with van der Waals surface area (Å²) in [6.07, 6.45) is 0. The predicted octanol–water partition coefficient (Wildman–Crippen LogP) is 5.56. The van der Waals surface area contributed by atoms with Gasteiger partial charge in [-0.1, -0.05) is 35.9 Å². The molecule has 0 bridgehead atoms. The molecule has 1 atom stereocenters. The number of hydrogen-bond donors (Lipinski definition) is 0. The molecule has 0 heterocycles. The van der Waals surface area contributed by atoms with E-state index in [1.54, 1.807) is 38.1 Å². The molecule has 0 aliphatic heterocycles. The summed E-state index contributed by atoms with van der Waals surface area (Å²) in [6, 6.07) is 7.93. The van der Waals surface area contributed by atoms with Gasteiger partial charge in [-0.25, -0.2) is 8.78 Å². The molecule has 19 heavy (non-hydrogen) atoms. The minimum absolute atomic E-state index is 0.0266. The van der Waals surface area contributed by atoms with E-state index < -0.39 is 11.2 Å². The second-order valence-electron chi connectivity index (χ2n) is 4.47. The molecule has 0 aromatic heterocycles. The molecule has 0 N–H and O–H groups in total. The molecule has 0 radical (unpaired) electrons. The zero-order valence-corrected chi connectivity index (χ0v) is 12.0. The summed E-state index contributed by atoms with van der Waals surface area (Å²) in [5.41, 5.74) is 1.92. The fraction of sp³-hybridized carbons (Fsp3) is 0.200. The van der Waals surface area contributed by atoms with Gasteiger partial charge < -0.3 is 0 Å². The molecule has 0 aliphatic rings. The molecule has 0 aliphatic carbocycles. The molecule has 0 saturated carbocycles. The van der Waals surface area contributed by atoms with Crippen LogP contribution in [0.25, 0.3) is 0 Å². The molecule has 0 spiro atoms. The second-order valence-corrected chi connectivity index (χ2v) is 5.32. The fourth-order valence-corrected chi connectivity index (χ4v) is 2.50. The van der Waals surface area contributed by atoms with E-state index in [2.05, 4.69) is 0 Å². The summed E-state index contributed by atoms with van der Waals surface area (Å²) in [5.74, 6) is -0.803. The number of aryl methyl sites for hydroxylation is 2. The third kappa shape index (κ3) is 2.75. The van der Waals surface area contributed by atoms with Gasteiger partial charge >= 0.3 is 0 Å². The van der Waals surface area contributed by atoms with Gasteiger partial charge in [0.15, 0.2) is 0 Å². The van der Waals surface area contributed by atoms with Crippen LogP contribution in [0.1, 0.15) is 27.6 Å². The maximum absolute atomic E-state index is 13.9. The Balaban J connectivity index is 2.50. The Morgan fingerprint density at radius 2 is 1.58 bits per heavy atom. The minimum Gasteiger partial charge on any atom is -0.206 e. The first-order valence-electron chi connectivity index (χ1n) is 5.76. The van der Waals surface area contributed by atoms with Crippen LogP contribution in [0.4, 0.5) is 8.78 Å². The molecule has 1 unspecified atom stereocenters. The molecule has 4 heteroatoms. The summed E-state index contributed by atoms with van der Waals surface area (Å²) < 4.78 is 27.5. The molecule has 2 aromatic rings. The number of benzene rings is 2. The van der Waals surface area contributed by atoms with Crippen molar-refractivity contribution in [1.82, 2.24) is 0 Å². The second kappa shape index (κ2) is 5.48. The number of hydrogen-bond acceptors (Lipinski definition) is 0. The van der Waals surface area contributed by atoms with Crippen molar-refractivity contribution in [3.63, 3.8) is 0 Å². The van der Waals surface area contributed by atoms with Crippen LogP contribution >= 0.6 is 23.2 Å². The molecule has 100 valence electrons. The van der Waals surface area contributed by atoms with E-state index in [-0.39, 0.29) is 10.8 Å². The lowest BCUT2D eigenvalue weighted by Gasteiger charge is -2.14. The van der Waals surface area contributed by atoms with Crippen LogP contribution in [-0.2, 0) is 0 Å². The molecule has 0 fully saturated rings. The van der Waals surface area contributed by atoms with Crippen LogP contribution in [0.3, 0.4) is 0 Å². The van der Waals surface area contributed by atoms with Crippen LogP contribution in [0, 0.1) is 25.5 Å². The topological polar surface area (TPSA) is 0 Å². The quantitative estimate of drug-likeness (QED) is 0.637. The highest BCUT2D eigenvalue weighted by Gasteiger charge is 2.18. The van der Waals surface area contributed by atoms with Crippen LogP contribution in [0.15, 0.2) is 30.3 Å². The summed E-state index contributed by atoms with van der Waals surface area (Å²) in [5, 5.41) is -0.671. The summed E-state index contributed by atoms with van der Waals surface area (Å²) in [7, 11) is 0. The smallest absolute Gasteiger partial charge is 0.146 e. The van der Waals surface area contributed by atoms with Gasteiger partial charge in [0.2, 0.25) is 0 Å². The lowest BCUT2D eigenvalue weighted by atomic mass is 9.99. The third-order valence-corrected chi connectivity index (χ3v) is 3.78. The molecule has 2 rings (SSSR count). The number of halogens is 4. The molecule has 0 nitrogen and oxygen atoms in total. The van der Waals surface area contributed by atoms with Crippen LogP contribution in [-0.4, -0.2) is 0 Å². The predicted molar refractivity (Wildman–Crippen MR) is 75.0 cm³/mol. The van der Waals surface area contributed by atoms with Crippen molar-refractivity contribution in [3.05, 3.63) is 69.2 Å². The maximum Gasteiger partial charge on any atom is 0.146 e. The fourth-order valence-electron chi connectivity index (χ4n) is 2.02. The Morgan fingerprint density at radius 1 is 1.00 bits per heavy atom. The summed E-state index contributed by atoms with van der Waals surface area (Å²) in [6.45, 7) is 3.31. The van der Waals surface area contributed by atoms with Crippen LogP contribution in [0.2, 0.25) is 5.02 Å². The molecule has 0 saturated heterocycles. The average Bonchev–Trinajstić information content (AvgIpc) is 2.38. The first-order valence-corrected chi connectivity index (χ1v) is 6.58. The van der Waals surface area contributed by atoms with Crippen molar-refractivity contribution < 1.29 is 8.78 Å². The van der Waals surface area contributed by atoms with Gasteiger partial charge in [-0.15, -0.1) is 11.6 Å². The van der Waals surface area contributed by atoms with Gasteiger partial charge in [-0.3, -0.25) is 0 Å². The Bertz CT molecular complexity index is 601. The average molecular weight is 301 g/mol. The highest BCUT2D eigenvalue weighted by molar-refractivity contribution is 6.31. The van der Waals surface area contributed by atoms with E-state index in [4.69, 9.17) is 23.2 Å². The van der Waals surface area contributed by atoms with Crippen LogP contribution < -0.4 is 0 Å². The van der Waals surface area contributed by atoms with Crippen molar-refractivity contribution in [2.75, 3.05) is 0 Å². The summed E-state index contributed by atoms with van der Waals surface area (Å²) in [4.78, 5) is 0. The van der Waals surface area contributed by atoms with Crippen molar-refractivity contribution in [3.8, 4) is 0 Å². The van der Waals surface area contributed by atoms with Gasteiger partial charge in [-0.05, 0) is 36.6 Å². The van der Waals surface area contributed by atoms with E-state index in [1.807, 2.05) is 0 Å².